The first-order chi connectivity index (χ1) is 10.4. The van der Waals surface area contributed by atoms with Crippen molar-refractivity contribution in [2.24, 2.45) is 16.5 Å². The van der Waals surface area contributed by atoms with Crippen LogP contribution in [0.4, 0.5) is 5.69 Å². The number of benzene rings is 1. The van der Waals surface area contributed by atoms with Crippen molar-refractivity contribution in [1.29, 1.82) is 0 Å². The molecule has 4 N–H and O–H groups in total. The molecule has 128 valence electrons. The predicted octanol–water partition coefficient (Wildman–Crippen LogP) is 1.23. The van der Waals surface area contributed by atoms with Gasteiger partial charge in [-0.2, -0.15) is 0 Å². The number of hydrogen-bond donors (Lipinski definition) is 3. The second-order valence-electron chi connectivity index (χ2n) is 6.36. The molecule has 3 rings (SSSR count). The number of sulfonamides is 1. The molecule has 2 aliphatic rings. The van der Waals surface area contributed by atoms with Crippen LogP contribution in [0.2, 0.25) is 0 Å². The van der Waals surface area contributed by atoms with Gasteiger partial charge in [-0.25, -0.2) is 13.6 Å². The van der Waals surface area contributed by atoms with Gasteiger partial charge in [-0.1, -0.05) is 12.1 Å². The molecule has 1 aliphatic carbocycles. The van der Waals surface area contributed by atoms with Crippen molar-refractivity contribution in [2.75, 3.05) is 18.4 Å². The van der Waals surface area contributed by atoms with Crippen LogP contribution in [0.15, 0.2) is 24.3 Å². The first-order valence-electron chi connectivity index (χ1n) is 7.49. The largest absolute Gasteiger partial charge is 0.326 e. The summed E-state index contributed by atoms with van der Waals surface area (Å²) in [6.07, 6.45) is 3.11. The highest BCUT2D eigenvalue weighted by Crippen LogP contribution is 2.58. The molecule has 1 spiro atoms. The zero-order chi connectivity index (χ0) is 15.8. The molecule has 0 aromatic heterocycles. The number of primary sulfonamides is 1. The summed E-state index contributed by atoms with van der Waals surface area (Å²) in [4.78, 5) is 12.3. The fourth-order valence-electron chi connectivity index (χ4n) is 3.34. The van der Waals surface area contributed by atoms with E-state index < -0.39 is 10.0 Å². The van der Waals surface area contributed by atoms with Crippen molar-refractivity contribution in [3.05, 3.63) is 29.8 Å². The van der Waals surface area contributed by atoms with Crippen molar-refractivity contribution in [3.8, 4) is 0 Å². The van der Waals surface area contributed by atoms with Gasteiger partial charge < -0.3 is 10.6 Å². The van der Waals surface area contributed by atoms with Crippen LogP contribution in [0.5, 0.6) is 0 Å². The van der Waals surface area contributed by atoms with Crippen molar-refractivity contribution in [3.63, 3.8) is 0 Å². The third-order valence-electron chi connectivity index (χ3n) is 4.69. The van der Waals surface area contributed by atoms with Crippen LogP contribution < -0.4 is 15.8 Å². The Labute approximate surface area is 142 Å². The highest BCUT2D eigenvalue weighted by molar-refractivity contribution is 7.88. The van der Waals surface area contributed by atoms with E-state index in [1.165, 1.54) is 0 Å². The summed E-state index contributed by atoms with van der Waals surface area (Å²) in [6.45, 7) is 1.98. The average molecular weight is 360 g/mol. The van der Waals surface area contributed by atoms with Gasteiger partial charge in [0.15, 0.2) is 0 Å². The number of hydrogen-bond acceptors (Lipinski definition) is 4. The lowest BCUT2D eigenvalue weighted by Gasteiger charge is -2.23. The van der Waals surface area contributed by atoms with E-state index in [0.29, 0.717) is 11.3 Å². The second kappa shape index (κ2) is 6.76. The fraction of sp³-hybridized carbons (Fsp3) is 0.533. The normalized spacial score (nSPS) is 22.2. The van der Waals surface area contributed by atoms with E-state index in [2.05, 4.69) is 10.6 Å². The molecule has 8 heteroatoms. The van der Waals surface area contributed by atoms with E-state index in [4.69, 9.17) is 5.14 Å². The van der Waals surface area contributed by atoms with E-state index in [1.54, 1.807) is 24.3 Å². The SMILES string of the molecule is Cl.NS(=O)(=O)Cc1ccc(NC(=O)C2CC23CCNCC3)cc1. The highest BCUT2D eigenvalue weighted by Gasteiger charge is 2.57. The summed E-state index contributed by atoms with van der Waals surface area (Å²) in [7, 11) is -3.53. The summed E-state index contributed by atoms with van der Waals surface area (Å²) in [6, 6.07) is 6.78. The molecule has 6 nitrogen and oxygen atoms in total. The smallest absolute Gasteiger partial charge is 0.228 e. The number of halogens is 1. The van der Waals surface area contributed by atoms with E-state index in [9.17, 15) is 13.2 Å². The monoisotopic (exact) mass is 359 g/mol. The minimum absolute atomic E-state index is 0. The third kappa shape index (κ3) is 4.44. The van der Waals surface area contributed by atoms with Crippen molar-refractivity contribution in [1.82, 2.24) is 5.32 Å². The van der Waals surface area contributed by atoms with Crippen LogP contribution in [0, 0.1) is 11.3 Å². The molecular formula is C15H22ClN3O3S. The Morgan fingerprint density at radius 1 is 1.26 bits per heavy atom. The third-order valence-corrected chi connectivity index (χ3v) is 5.43. The van der Waals surface area contributed by atoms with Crippen molar-refractivity contribution >= 4 is 34.0 Å². The summed E-state index contributed by atoms with van der Waals surface area (Å²) in [5.74, 6) is -0.0141. The molecule has 1 saturated heterocycles. The quantitative estimate of drug-likeness (QED) is 0.752. The number of rotatable bonds is 4. The topological polar surface area (TPSA) is 101 Å². The highest BCUT2D eigenvalue weighted by atomic mass is 35.5. The number of piperidine rings is 1. The summed E-state index contributed by atoms with van der Waals surface area (Å²) in [5, 5.41) is 11.3. The lowest BCUT2D eigenvalue weighted by Crippen LogP contribution is -2.31. The standard InChI is InChI=1S/C15H21N3O3S.ClH/c16-22(20,21)10-11-1-3-12(4-2-11)18-14(19)13-9-15(13)5-7-17-8-6-15;/h1-4,13,17H,5-10H2,(H,18,19)(H2,16,20,21);1H. The molecule has 1 saturated carbocycles. The van der Waals surface area contributed by atoms with Gasteiger partial charge in [0.25, 0.3) is 0 Å². The molecule has 0 radical (unpaired) electrons. The zero-order valence-corrected chi connectivity index (χ0v) is 14.4. The van der Waals surface area contributed by atoms with Crippen LogP contribution in [0.1, 0.15) is 24.8 Å². The minimum atomic E-state index is -3.53. The van der Waals surface area contributed by atoms with Crippen LogP contribution >= 0.6 is 12.4 Å². The number of carbonyl (C=O) groups excluding carboxylic acids is 1. The Morgan fingerprint density at radius 3 is 2.43 bits per heavy atom. The van der Waals surface area contributed by atoms with E-state index in [0.717, 1.165) is 32.4 Å². The van der Waals surface area contributed by atoms with Gasteiger partial charge in [-0.15, -0.1) is 12.4 Å². The number of nitrogens with two attached hydrogens (primary N) is 1. The summed E-state index contributed by atoms with van der Waals surface area (Å²) < 4.78 is 22.1. The molecular weight excluding hydrogens is 338 g/mol. The van der Waals surface area contributed by atoms with Gasteiger partial charge >= 0.3 is 0 Å². The van der Waals surface area contributed by atoms with E-state index in [-0.39, 0.29) is 35.4 Å². The van der Waals surface area contributed by atoms with Crippen LogP contribution in [0.3, 0.4) is 0 Å². The van der Waals surface area contributed by atoms with Gasteiger partial charge in [-0.3, -0.25) is 4.79 Å². The number of amides is 1. The first-order valence-corrected chi connectivity index (χ1v) is 9.21. The Bertz CT molecular complexity index is 670. The van der Waals surface area contributed by atoms with E-state index >= 15 is 0 Å². The fourth-order valence-corrected chi connectivity index (χ4v) is 4.00. The Balaban J connectivity index is 0.00000192. The van der Waals surface area contributed by atoms with Crippen LogP contribution in [-0.2, 0) is 20.6 Å². The van der Waals surface area contributed by atoms with Gasteiger partial charge in [0.2, 0.25) is 15.9 Å². The van der Waals surface area contributed by atoms with Crippen molar-refractivity contribution in [2.45, 2.75) is 25.0 Å². The molecule has 1 aromatic carbocycles. The van der Waals surface area contributed by atoms with Gasteiger partial charge in [-0.05, 0) is 55.5 Å². The lowest BCUT2D eigenvalue weighted by molar-refractivity contribution is -0.118. The molecule has 23 heavy (non-hydrogen) atoms. The zero-order valence-electron chi connectivity index (χ0n) is 12.7. The second-order valence-corrected chi connectivity index (χ2v) is 7.98. The molecule has 1 unspecified atom stereocenters. The maximum Gasteiger partial charge on any atom is 0.228 e. The first kappa shape index (κ1) is 18.2. The van der Waals surface area contributed by atoms with Crippen LogP contribution in [-0.4, -0.2) is 27.4 Å². The number of anilines is 1. The molecule has 1 aliphatic heterocycles. The maximum atomic E-state index is 12.3. The Morgan fingerprint density at radius 2 is 1.87 bits per heavy atom. The summed E-state index contributed by atoms with van der Waals surface area (Å²) in [5.41, 5.74) is 1.52. The molecule has 1 atom stereocenters. The molecule has 1 amide bonds. The summed E-state index contributed by atoms with van der Waals surface area (Å²) >= 11 is 0. The van der Waals surface area contributed by atoms with Gasteiger partial charge in [0.1, 0.15) is 0 Å². The van der Waals surface area contributed by atoms with Crippen molar-refractivity contribution < 1.29 is 13.2 Å². The molecule has 2 fully saturated rings. The average Bonchev–Trinajstić information content (AvgIpc) is 3.14. The Kier molecular flexibility index (Phi) is 5.35. The molecule has 1 aromatic rings. The molecule has 0 bridgehead atoms. The van der Waals surface area contributed by atoms with Gasteiger partial charge in [0.05, 0.1) is 5.75 Å². The number of nitrogens with one attached hydrogen (secondary N) is 2. The Hall–Kier alpha value is -1.15. The van der Waals surface area contributed by atoms with Gasteiger partial charge in [0, 0.05) is 11.6 Å². The van der Waals surface area contributed by atoms with E-state index in [1.807, 2.05) is 0 Å². The predicted molar refractivity (Wildman–Crippen MR) is 91.8 cm³/mol. The molecule has 1 heterocycles. The maximum absolute atomic E-state index is 12.3. The minimum Gasteiger partial charge on any atom is -0.326 e. The number of carbonyl (C=O) groups is 1. The lowest BCUT2D eigenvalue weighted by atomic mass is 9.92. The van der Waals surface area contributed by atoms with Crippen LogP contribution in [0.25, 0.3) is 0 Å².